The van der Waals surface area contributed by atoms with E-state index < -0.39 is 0 Å². The van der Waals surface area contributed by atoms with E-state index in [2.05, 4.69) is 25.5 Å². The number of carbonyl (C=O) groups is 1. The molecule has 0 saturated carbocycles. The molecule has 1 aromatic carbocycles. The van der Waals surface area contributed by atoms with Crippen molar-refractivity contribution in [1.82, 2.24) is 19.9 Å². The number of morpholine rings is 1. The van der Waals surface area contributed by atoms with Crippen molar-refractivity contribution < 1.29 is 14.3 Å². The first-order chi connectivity index (χ1) is 18.2. The highest BCUT2D eigenvalue weighted by molar-refractivity contribution is 5.99. The molecule has 5 rings (SSSR count). The van der Waals surface area contributed by atoms with Gasteiger partial charge in [-0.25, -0.2) is 14.8 Å². The number of hydrogen-bond acceptors (Lipinski definition) is 8. The molecule has 0 unspecified atom stereocenters. The molecule has 188 valence electrons. The summed E-state index contributed by atoms with van der Waals surface area (Å²) in [7, 11) is 0. The SMILES string of the molecule is CCOc1c(-c2ccncc2)nc(-c2ccc(NC(=O)Nc3ccncc3)cc2)nc1N1CCOCC1. The summed E-state index contributed by atoms with van der Waals surface area (Å²) in [6.07, 6.45) is 6.71. The van der Waals surface area contributed by atoms with Gasteiger partial charge in [0.05, 0.1) is 19.8 Å². The van der Waals surface area contributed by atoms with Crippen LogP contribution in [0.3, 0.4) is 0 Å². The van der Waals surface area contributed by atoms with Gasteiger partial charge in [-0.1, -0.05) is 0 Å². The number of rotatable bonds is 7. The predicted molar refractivity (Wildman–Crippen MR) is 142 cm³/mol. The van der Waals surface area contributed by atoms with Crippen LogP contribution < -0.4 is 20.3 Å². The fraction of sp³-hybridized carbons (Fsp3) is 0.222. The number of pyridine rings is 2. The Hall–Kier alpha value is -4.57. The monoisotopic (exact) mass is 497 g/mol. The number of urea groups is 1. The van der Waals surface area contributed by atoms with Gasteiger partial charge in [-0.05, 0) is 55.5 Å². The number of nitrogens with zero attached hydrogens (tertiary/aromatic N) is 5. The molecule has 2 N–H and O–H groups in total. The van der Waals surface area contributed by atoms with Crippen LogP contribution >= 0.6 is 0 Å². The quantitative estimate of drug-likeness (QED) is 0.384. The maximum atomic E-state index is 12.4. The molecule has 37 heavy (non-hydrogen) atoms. The highest BCUT2D eigenvalue weighted by Gasteiger charge is 2.24. The molecule has 10 nitrogen and oxygen atoms in total. The number of anilines is 3. The van der Waals surface area contributed by atoms with E-state index in [9.17, 15) is 4.79 Å². The van der Waals surface area contributed by atoms with Gasteiger partial charge in [-0.3, -0.25) is 9.97 Å². The van der Waals surface area contributed by atoms with E-state index in [1.54, 1.807) is 36.9 Å². The summed E-state index contributed by atoms with van der Waals surface area (Å²) in [4.78, 5) is 32.5. The average molecular weight is 498 g/mol. The molecule has 1 fully saturated rings. The summed E-state index contributed by atoms with van der Waals surface area (Å²) in [6, 6.07) is 14.3. The third-order valence-electron chi connectivity index (χ3n) is 5.74. The number of benzene rings is 1. The maximum Gasteiger partial charge on any atom is 0.323 e. The molecule has 2 amide bonds. The molecule has 1 aliphatic heterocycles. The van der Waals surface area contributed by atoms with E-state index >= 15 is 0 Å². The van der Waals surface area contributed by atoms with Crippen LogP contribution in [0.15, 0.2) is 73.3 Å². The van der Waals surface area contributed by atoms with E-state index in [0.717, 1.165) is 16.9 Å². The molecule has 4 aromatic rings. The van der Waals surface area contributed by atoms with Gasteiger partial charge in [-0.2, -0.15) is 0 Å². The summed E-state index contributed by atoms with van der Waals surface area (Å²) in [5.41, 5.74) is 3.71. The average Bonchev–Trinajstić information content (AvgIpc) is 2.95. The predicted octanol–water partition coefficient (Wildman–Crippen LogP) is 4.48. The van der Waals surface area contributed by atoms with Gasteiger partial charge < -0.3 is 25.0 Å². The third-order valence-corrected chi connectivity index (χ3v) is 5.74. The molecule has 1 saturated heterocycles. The molecule has 4 heterocycles. The minimum absolute atomic E-state index is 0.342. The Morgan fingerprint density at radius 2 is 1.49 bits per heavy atom. The normalized spacial score (nSPS) is 13.2. The highest BCUT2D eigenvalue weighted by atomic mass is 16.5. The fourth-order valence-corrected chi connectivity index (χ4v) is 3.97. The summed E-state index contributed by atoms with van der Waals surface area (Å²) in [5.74, 6) is 1.94. The minimum atomic E-state index is -0.342. The molecule has 0 atom stereocenters. The second-order valence-electron chi connectivity index (χ2n) is 8.21. The first-order valence-electron chi connectivity index (χ1n) is 12.1. The number of nitrogens with one attached hydrogen (secondary N) is 2. The molecule has 3 aromatic heterocycles. The van der Waals surface area contributed by atoms with E-state index in [-0.39, 0.29) is 6.03 Å². The second kappa shape index (κ2) is 11.4. The molecule has 0 radical (unpaired) electrons. The van der Waals surface area contributed by atoms with Crippen LogP contribution in [-0.2, 0) is 4.74 Å². The van der Waals surface area contributed by atoms with Crippen molar-refractivity contribution in [3.8, 4) is 28.4 Å². The van der Waals surface area contributed by atoms with E-state index in [1.807, 2.05) is 43.3 Å². The van der Waals surface area contributed by atoms with Crippen LogP contribution in [0.2, 0.25) is 0 Å². The standard InChI is InChI=1S/C27H27N7O3/c1-2-37-24-23(19-7-11-28-12-8-19)32-25(33-26(24)34-15-17-36-18-16-34)20-3-5-21(6-4-20)30-27(35)31-22-9-13-29-14-10-22/h3-14H,2,15-18H2,1H3,(H2,29,30,31,35). The van der Waals surface area contributed by atoms with Crippen LogP contribution in [0.25, 0.3) is 22.6 Å². The van der Waals surface area contributed by atoms with Crippen LogP contribution in [0, 0.1) is 0 Å². The first kappa shape index (κ1) is 24.1. The Morgan fingerprint density at radius 3 is 2.14 bits per heavy atom. The fourth-order valence-electron chi connectivity index (χ4n) is 3.97. The smallest absolute Gasteiger partial charge is 0.323 e. The number of carbonyl (C=O) groups excluding carboxylic acids is 1. The van der Waals surface area contributed by atoms with Gasteiger partial charge in [0.15, 0.2) is 17.4 Å². The van der Waals surface area contributed by atoms with Crippen molar-refractivity contribution in [2.45, 2.75) is 6.92 Å². The van der Waals surface area contributed by atoms with Gasteiger partial charge in [-0.15, -0.1) is 0 Å². The molecular formula is C27H27N7O3. The third kappa shape index (κ3) is 5.81. The van der Waals surface area contributed by atoms with Gasteiger partial charge >= 0.3 is 6.03 Å². The van der Waals surface area contributed by atoms with Gasteiger partial charge in [0.1, 0.15) is 5.69 Å². The lowest BCUT2D eigenvalue weighted by Gasteiger charge is -2.30. The lowest BCUT2D eigenvalue weighted by molar-refractivity contribution is 0.122. The van der Waals surface area contributed by atoms with Crippen molar-refractivity contribution >= 4 is 23.2 Å². The molecule has 0 bridgehead atoms. The number of aromatic nitrogens is 4. The van der Waals surface area contributed by atoms with Crippen molar-refractivity contribution in [2.75, 3.05) is 48.4 Å². The zero-order chi connectivity index (χ0) is 25.5. The van der Waals surface area contributed by atoms with Gasteiger partial charge in [0.2, 0.25) is 0 Å². The zero-order valence-corrected chi connectivity index (χ0v) is 20.4. The second-order valence-corrected chi connectivity index (χ2v) is 8.21. The Bertz CT molecular complexity index is 1330. The zero-order valence-electron chi connectivity index (χ0n) is 20.4. The Kier molecular flexibility index (Phi) is 7.47. The van der Waals surface area contributed by atoms with E-state index in [1.165, 1.54) is 0 Å². The summed E-state index contributed by atoms with van der Waals surface area (Å²) in [6.45, 7) is 5.10. The lowest BCUT2D eigenvalue weighted by atomic mass is 10.1. The van der Waals surface area contributed by atoms with Crippen LogP contribution in [-0.4, -0.2) is 58.9 Å². The minimum Gasteiger partial charge on any atom is -0.488 e. The molecule has 0 aliphatic carbocycles. The van der Waals surface area contributed by atoms with Crippen molar-refractivity contribution in [1.29, 1.82) is 0 Å². The van der Waals surface area contributed by atoms with Crippen molar-refractivity contribution in [3.05, 3.63) is 73.3 Å². The summed E-state index contributed by atoms with van der Waals surface area (Å²) in [5, 5.41) is 5.61. The first-order valence-corrected chi connectivity index (χ1v) is 12.1. The van der Waals surface area contributed by atoms with Crippen LogP contribution in [0.5, 0.6) is 5.75 Å². The Balaban J connectivity index is 1.46. The maximum absolute atomic E-state index is 12.4. The largest absolute Gasteiger partial charge is 0.488 e. The van der Waals surface area contributed by atoms with Crippen LogP contribution in [0.1, 0.15) is 6.92 Å². The molecule has 10 heteroatoms. The molecular weight excluding hydrogens is 470 g/mol. The number of hydrogen-bond donors (Lipinski definition) is 2. The lowest BCUT2D eigenvalue weighted by Crippen LogP contribution is -2.37. The highest BCUT2D eigenvalue weighted by Crippen LogP contribution is 2.38. The van der Waals surface area contributed by atoms with E-state index in [0.29, 0.717) is 61.6 Å². The molecule has 0 spiro atoms. The summed E-state index contributed by atoms with van der Waals surface area (Å²) < 4.78 is 11.6. The van der Waals surface area contributed by atoms with Gasteiger partial charge in [0.25, 0.3) is 0 Å². The number of ether oxygens (including phenoxy) is 2. The number of amides is 2. The Morgan fingerprint density at radius 1 is 0.865 bits per heavy atom. The van der Waals surface area contributed by atoms with Crippen molar-refractivity contribution in [3.63, 3.8) is 0 Å². The van der Waals surface area contributed by atoms with Gasteiger partial charge in [0, 0.05) is 60.4 Å². The van der Waals surface area contributed by atoms with Crippen LogP contribution in [0.4, 0.5) is 22.0 Å². The van der Waals surface area contributed by atoms with Crippen molar-refractivity contribution in [2.24, 2.45) is 0 Å². The van der Waals surface area contributed by atoms with E-state index in [4.69, 9.17) is 19.4 Å². The Labute approximate surface area is 214 Å². The molecule has 1 aliphatic rings. The summed E-state index contributed by atoms with van der Waals surface area (Å²) >= 11 is 0. The topological polar surface area (TPSA) is 114 Å².